The van der Waals surface area contributed by atoms with Crippen LogP contribution in [-0.2, 0) is 14.3 Å². The monoisotopic (exact) mass is 462 g/mol. The molecule has 2 N–H and O–H groups in total. The summed E-state index contributed by atoms with van der Waals surface area (Å²) in [6, 6.07) is 20.4. The molecule has 0 aliphatic carbocycles. The zero-order valence-corrected chi connectivity index (χ0v) is 19.2. The van der Waals surface area contributed by atoms with Crippen molar-refractivity contribution in [3.8, 4) is 11.5 Å². The van der Waals surface area contributed by atoms with Gasteiger partial charge >= 0.3 is 5.97 Å². The minimum Gasteiger partial charge on any atom is -0.497 e. The van der Waals surface area contributed by atoms with Crippen LogP contribution in [0.5, 0.6) is 11.5 Å². The molecule has 0 radical (unpaired) electrons. The van der Waals surface area contributed by atoms with Crippen molar-refractivity contribution < 1.29 is 28.6 Å². The SMILES string of the molecule is COc1cccc(NC(=O)COc2ccc(C(=O)O[C@H](C)C(=O)Nc3ccc(C)cc3)cc2)c1. The highest BCUT2D eigenvalue weighted by Crippen LogP contribution is 2.17. The van der Waals surface area contributed by atoms with Crippen molar-refractivity contribution in [2.45, 2.75) is 20.0 Å². The molecule has 0 spiro atoms. The number of nitrogens with one attached hydrogen (secondary N) is 2. The summed E-state index contributed by atoms with van der Waals surface area (Å²) in [5.74, 6) is -0.385. The van der Waals surface area contributed by atoms with Gasteiger partial charge in [0.2, 0.25) is 0 Å². The summed E-state index contributed by atoms with van der Waals surface area (Å²) < 4.78 is 15.8. The van der Waals surface area contributed by atoms with Gasteiger partial charge in [0.05, 0.1) is 12.7 Å². The molecule has 3 aromatic rings. The molecule has 3 aromatic carbocycles. The molecule has 3 rings (SSSR count). The molecule has 0 saturated carbocycles. The normalized spacial score (nSPS) is 11.1. The van der Waals surface area contributed by atoms with Gasteiger partial charge < -0.3 is 24.8 Å². The minimum atomic E-state index is -0.981. The van der Waals surface area contributed by atoms with Gasteiger partial charge in [-0.1, -0.05) is 23.8 Å². The van der Waals surface area contributed by atoms with Gasteiger partial charge in [-0.05, 0) is 62.4 Å². The Morgan fingerprint density at radius 3 is 2.24 bits per heavy atom. The molecule has 8 nitrogen and oxygen atoms in total. The van der Waals surface area contributed by atoms with E-state index in [1.807, 2.05) is 19.1 Å². The molecule has 8 heteroatoms. The second-order valence-corrected chi connectivity index (χ2v) is 7.50. The highest BCUT2D eigenvalue weighted by atomic mass is 16.5. The Bertz CT molecular complexity index is 1140. The van der Waals surface area contributed by atoms with E-state index in [0.717, 1.165) is 5.56 Å². The van der Waals surface area contributed by atoms with E-state index in [1.165, 1.54) is 19.1 Å². The fraction of sp³-hybridized carbons (Fsp3) is 0.192. The smallest absolute Gasteiger partial charge is 0.338 e. The standard InChI is InChI=1S/C26H26N2O6/c1-17-7-11-20(12-8-17)28-25(30)18(2)34-26(31)19-9-13-22(14-10-19)33-16-24(29)27-21-5-4-6-23(15-21)32-3/h4-15,18H,16H2,1-3H3,(H,27,29)(H,28,30)/t18-/m1/s1. The maximum absolute atomic E-state index is 12.4. The molecule has 2 amide bonds. The molecule has 0 aromatic heterocycles. The van der Waals surface area contributed by atoms with E-state index in [2.05, 4.69) is 10.6 Å². The van der Waals surface area contributed by atoms with Crippen molar-refractivity contribution in [1.82, 2.24) is 0 Å². The zero-order valence-electron chi connectivity index (χ0n) is 19.2. The summed E-state index contributed by atoms with van der Waals surface area (Å²) in [6.45, 7) is 3.24. The van der Waals surface area contributed by atoms with Crippen molar-refractivity contribution in [1.29, 1.82) is 0 Å². The Balaban J connectivity index is 1.47. The number of methoxy groups -OCH3 is 1. The lowest BCUT2D eigenvalue weighted by molar-refractivity contribution is -0.123. The summed E-state index contributed by atoms with van der Waals surface area (Å²) in [5, 5.41) is 5.42. The highest BCUT2D eigenvalue weighted by molar-refractivity contribution is 5.97. The summed E-state index contributed by atoms with van der Waals surface area (Å²) in [7, 11) is 1.55. The van der Waals surface area contributed by atoms with Crippen molar-refractivity contribution >= 4 is 29.2 Å². The number of esters is 1. The van der Waals surface area contributed by atoms with Crippen LogP contribution >= 0.6 is 0 Å². The molecule has 0 aliphatic rings. The fourth-order valence-corrected chi connectivity index (χ4v) is 2.90. The molecule has 34 heavy (non-hydrogen) atoms. The van der Waals surface area contributed by atoms with Gasteiger partial charge in [0.15, 0.2) is 12.7 Å². The summed E-state index contributed by atoms with van der Waals surface area (Å²) >= 11 is 0. The Morgan fingerprint density at radius 1 is 0.853 bits per heavy atom. The topological polar surface area (TPSA) is 103 Å². The second-order valence-electron chi connectivity index (χ2n) is 7.50. The second kappa shape index (κ2) is 11.5. The lowest BCUT2D eigenvalue weighted by Crippen LogP contribution is -2.30. The first-order valence-corrected chi connectivity index (χ1v) is 10.6. The van der Waals surface area contributed by atoms with Crippen molar-refractivity contribution in [2.75, 3.05) is 24.4 Å². The van der Waals surface area contributed by atoms with Gasteiger partial charge in [-0.15, -0.1) is 0 Å². The lowest BCUT2D eigenvalue weighted by Gasteiger charge is -2.14. The van der Waals surface area contributed by atoms with Crippen LogP contribution in [0.1, 0.15) is 22.8 Å². The Labute approximate surface area is 197 Å². The minimum absolute atomic E-state index is 0.211. The van der Waals surface area contributed by atoms with E-state index in [0.29, 0.717) is 22.9 Å². The first-order valence-electron chi connectivity index (χ1n) is 10.6. The summed E-state index contributed by atoms with van der Waals surface area (Å²) in [4.78, 5) is 36.8. The first kappa shape index (κ1) is 24.3. The van der Waals surface area contributed by atoms with E-state index in [1.54, 1.807) is 55.6 Å². The van der Waals surface area contributed by atoms with E-state index in [-0.39, 0.29) is 18.1 Å². The van der Waals surface area contributed by atoms with Crippen LogP contribution in [0.2, 0.25) is 0 Å². The fourth-order valence-electron chi connectivity index (χ4n) is 2.90. The van der Waals surface area contributed by atoms with Crippen LogP contribution in [0, 0.1) is 6.92 Å². The van der Waals surface area contributed by atoms with E-state index < -0.39 is 18.0 Å². The largest absolute Gasteiger partial charge is 0.497 e. The average molecular weight is 463 g/mol. The average Bonchev–Trinajstić information content (AvgIpc) is 2.84. The van der Waals surface area contributed by atoms with Gasteiger partial charge in [0.25, 0.3) is 11.8 Å². The summed E-state index contributed by atoms with van der Waals surface area (Å²) in [5.41, 5.74) is 2.53. The molecule has 0 unspecified atom stereocenters. The molecule has 0 saturated heterocycles. The molecule has 0 fully saturated rings. The maximum Gasteiger partial charge on any atom is 0.338 e. The predicted octanol–water partition coefficient (Wildman–Crippen LogP) is 4.21. The van der Waals surface area contributed by atoms with Gasteiger partial charge in [0.1, 0.15) is 11.5 Å². The Morgan fingerprint density at radius 2 is 1.56 bits per heavy atom. The predicted molar refractivity (Wildman–Crippen MR) is 128 cm³/mol. The number of benzene rings is 3. The van der Waals surface area contributed by atoms with E-state index >= 15 is 0 Å². The van der Waals surface area contributed by atoms with Crippen molar-refractivity contribution in [3.63, 3.8) is 0 Å². The van der Waals surface area contributed by atoms with Gasteiger partial charge in [-0.3, -0.25) is 9.59 Å². The first-order chi connectivity index (χ1) is 16.3. The third-order valence-corrected chi connectivity index (χ3v) is 4.79. The molecular weight excluding hydrogens is 436 g/mol. The number of ether oxygens (including phenoxy) is 3. The third-order valence-electron chi connectivity index (χ3n) is 4.79. The Kier molecular flexibility index (Phi) is 8.23. The molecular formula is C26H26N2O6. The van der Waals surface area contributed by atoms with Crippen LogP contribution in [0.3, 0.4) is 0 Å². The molecule has 1 atom stereocenters. The number of carbonyl (C=O) groups excluding carboxylic acids is 3. The number of hydrogen-bond donors (Lipinski definition) is 2. The van der Waals surface area contributed by atoms with Gasteiger partial charge in [-0.2, -0.15) is 0 Å². The third kappa shape index (κ3) is 7.09. The van der Waals surface area contributed by atoms with Gasteiger partial charge in [-0.25, -0.2) is 4.79 Å². The number of carbonyl (C=O) groups is 3. The molecule has 0 aliphatic heterocycles. The van der Waals surface area contributed by atoms with E-state index in [9.17, 15) is 14.4 Å². The number of anilines is 2. The quantitative estimate of drug-likeness (QED) is 0.462. The molecule has 0 bridgehead atoms. The highest BCUT2D eigenvalue weighted by Gasteiger charge is 2.19. The van der Waals surface area contributed by atoms with Crippen LogP contribution in [0.15, 0.2) is 72.8 Å². The van der Waals surface area contributed by atoms with E-state index in [4.69, 9.17) is 14.2 Å². The zero-order chi connectivity index (χ0) is 24.5. The maximum atomic E-state index is 12.4. The van der Waals surface area contributed by atoms with Crippen LogP contribution < -0.4 is 20.1 Å². The molecule has 0 heterocycles. The molecule has 176 valence electrons. The lowest BCUT2D eigenvalue weighted by atomic mass is 10.2. The number of aryl methyl sites for hydroxylation is 1. The summed E-state index contributed by atoms with van der Waals surface area (Å²) in [6.07, 6.45) is -0.981. The van der Waals surface area contributed by atoms with Crippen LogP contribution in [0.25, 0.3) is 0 Å². The number of rotatable bonds is 9. The van der Waals surface area contributed by atoms with Crippen molar-refractivity contribution in [3.05, 3.63) is 83.9 Å². The van der Waals surface area contributed by atoms with Crippen molar-refractivity contribution in [2.24, 2.45) is 0 Å². The van der Waals surface area contributed by atoms with Crippen LogP contribution in [-0.4, -0.2) is 37.6 Å². The van der Waals surface area contributed by atoms with Gasteiger partial charge in [0, 0.05) is 17.4 Å². The number of hydrogen-bond acceptors (Lipinski definition) is 6. The van der Waals surface area contributed by atoms with Crippen LogP contribution in [0.4, 0.5) is 11.4 Å². The number of amides is 2. The Hall–Kier alpha value is -4.33.